The fourth-order valence-corrected chi connectivity index (χ4v) is 2.26. The van der Waals surface area contributed by atoms with Crippen molar-refractivity contribution in [2.24, 2.45) is 0 Å². The molecule has 1 atom stereocenters. The van der Waals surface area contributed by atoms with Crippen LogP contribution in [0.2, 0.25) is 0 Å². The normalized spacial score (nSPS) is 20.3. The summed E-state index contributed by atoms with van der Waals surface area (Å²) in [6, 6.07) is 0.623. The molecule has 0 bridgehead atoms. The fraction of sp³-hybridized carbons (Fsp3) is 0.833. The number of rotatable bonds is 6. The lowest BCUT2D eigenvalue weighted by Gasteiger charge is -2.18. The Labute approximate surface area is 103 Å². The van der Waals surface area contributed by atoms with Gasteiger partial charge in [-0.05, 0) is 32.9 Å². The second-order valence-electron chi connectivity index (χ2n) is 4.84. The van der Waals surface area contributed by atoms with Crippen molar-refractivity contribution in [3.8, 4) is 0 Å². The highest BCUT2D eigenvalue weighted by Gasteiger charge is 2.17. The fourth-order valence-electron chi connectivity index (χ4n) is 2.26. The number of hydrogen-bond donors (Lipinski definition) is 1. The van der Waals surface area contributed by atoms with E-state index in [2.05, 4.69) is 34.3 Å². The second-order valence-corrected chi connectivity index (χ2v) is 4.84. The lowest BCUT2D eigenvalue weighted by molar-refractivity contribution is 0.248. The van der Waals surface area contributed by atoms with Crippen LogP contribution in [0.4, 0.5) is 0 Å². The third-order valence-corrected chi connectivity index (χ3v) is 3.08. The van der Waals surface area contributed by atoms with E-state index in [1.807, 2.05) is 0 Å². The van der Waals surface area contributed by atoms with Gasteiger partial charge >= 0.3 is 0 Å². The van der Waals surface area contributed by atoms with Gasteiger partial charge in [-0.3, -0.25) is 4.90 Å². The van der Waals surface area contributed by atoms with Crippen LogP contribution in [0, 0.1) is 0 Å². The van der Waals surface area contributed by atoms with Gasteiger partial charge in [0.1, 0.15) is 0 Å². The van der Waals surface area contributed by atoms with E-state index in [0.29, 0.717) is 6.04 Å². The summed E-state index contributed by atoms with van der Waals surface area (Å²) in [6.07, 6.45) is 4.52. The van der Waals surface area contributed by atoms with Gasteiger partial charge in [0.25, 0.3) is 0 Å². The molecular weight excluding hydrogens is 216 g/mol. The summed E-state index contributed by atoms with van der Waals surface area (Å²) < 4.78 is 5.23. The zero-order valence-corrected chi connectivity index (χ0v) is 10.8. The molecule has 1 aromatic heterocycles. The van der Waals surface area contributed by atoms with Crippen LogP contribution in [0.5, 0.6) is 0 Å². The molecule has 0 radical (unpaired) electrons. The van der Waals surface area contributed by atoms with Gasteiger partial charge in [0, 0.05) is 19.0 Å². The van der Waals surface area contributed by atoms with Gasteiger partial charge in [-0.15, -0.1) is 0 Å². The first kappa shape index (κ1) is 12.5. The Morgan fingerprint density at radius 2 is 2.41 bits per heavy atom. The van der Waals surface area contributed by atoms with Gasteiger partial charge in [0.05, 0.1) is 6.54 Å². The van der Waals surface area contributed by atoms with Crippen LogP contribution in [0.15, 0.2) is 4.52 Å². The van der Waals surface area contributed by atoms with Crippen molar-refractivity contribution in [3.05, 3.63) is 11.7 Å². The summed E-state index contributed by atoms with van der Waals surface area (Å²) >= 11 is 0. The zero-order valence-electron chi connectivity index (χ0n) is 10.8. The van der Waals surface area contributed by atoms with Gasteiger partial charge in [-0.25, -0.2) is 0 Å². The highest BCUT2D eigenvalue weighted by Crippen LogP contribution is 2.08. The van der Waals surface area contributed by atoms with Crippen LogP contribution in [0.3, 0.4) is 0 Å². The van der Waals surface area contributed by atoms with E-state index < -0.39 is 0 Å². The number of aromatic nitrogens is 2. The van der Waals surface area contributed by atoms with Crippen LogP contribution in [-0.2, 0) is 13.0 Å². The topological polar surface area (TPSA) is 54.2 Å². The number of hydrogen-bond acceptors (Lipinski definition) is 5. The van der Waals surface area contributed by atoms with Crippen molar-refractivity contribution in [2.75, 3.05) is 20.1 Å². The Hall–Kier alpha value is -0.940. The minimum absolute atomic E-state index is 0.623. The third-order valence-electron chi connectivity index (χ3n) is 3.08. The molecule has 0 amide bonds. The SMILES string of the molecule is CCCc1noc(CN(C)CC2CCCN2)n1. The monoisotopic (exact) mass is 238 g/mol. The summed E-state index contributed by atoms with van der Waals surface area (Å²) in [6.45, 7) is 5.06. The van der Waals surface area contributed by atoms with Crippen molar-refractivity contribution in [1.29, 1.82) is 0 Å². The predicted molar refractivity (Wildman–Crippen MR) is 65.7 cm³/mol. The van der Waals surface area contributed by atoms with Crippen molar-refractivity contribution in [2.45, 2.75) is 45.2 Å². The van der Waals surface area contributed by atoms with Gasteiger partial charge in [0.2, 0.25) is 5.89 Å². The molecule has 1 unspecified atom stereocenters. The number of nitrogens with one attached hydrogen (secondary N) is 1. The summed E-state index contributed by atoms with van der Waals surface area (Å²) in [7, 11) is 2.10. The molecule has 1 N–H and O–H groups in total. The van der Waals surface area contributed by atoms with Gasteiger partial charge < -0.3 is 9.84 Å². The van der Waals surface area contributed by atoms with Crippen molar-refractivity contribution in [1.82, 2.24) is 20.4 Å². The Kier molecular flexibility index (Phi) is 4.50. The maximum absolute atomic E-state index is 5.23. The van der Waals surface area contributed by atoms with Crippen LogP contribution in [-0.4, -0.2) is 41.2 Å². The molecule has 2 rings (SSSR count). The van der Waals surface area contributed by atoms with Crippen molar-refractivity contribution in [3.63, 3.8) is 0 Å². The highest BCUT2D eigenvalue weighted by molar-refractivity contribution is 4.87. The molecule has 1 saturated heterocycles. The summed E-state index contributed by atoms with van der Waals surface area (Å²) in [5, 5.41) is 7.45. The lowest BCUT2D eigenvalue weighted by Crippen LogP contribution is -2.35. The Bertz CT molecular complexity index is 333. The average molecular weight is 238 g/mol. The first-order chi connectivity index (χ1) is 8.28. The van der Waals surface area contributed by atoms with E-state index in [4.69, 9.17) is 4.52 Å². The maximum Gasteiger partial charge on any atom is 0.240 e. The minimum atomic E-state index is 0.623. The standard InChI is InChI=1S/C12H22N4O/c1-3-5-11-14-12(17-15-11)9-16(2)8-10-6-4-7-13-10/h10,13H,3-9H2,1-2H3. The second kappa shape index (κ2) is 6.12. The van der Waals surface area contributed by atoms with E-state index in [1.165, 1.54) is 12.8 Å². The number of aryl methyl sites for hydroxylation is 1. The van der Waals surface area contributed by atoms with Crippen molar-refractivity contribution >= 4 is 0 Å². The molecule has 0 saturated carbocycles. The smallest absolute Gasteiger partial charge is 0.240 e. The molecule has 1 fully saturated rings. The average Bonchev–Trinajstić information content (AvgIpc) is 2.91. The van der Waals surface area contributed by atoms with Crippen LogP contribution >= 0.6 is 0 Å². The molecule has 2 heterocycles. The van der Waals surface area contributed by atoms with E-state index >= 15 is 0 Å². The Morgan fingerprint density at radius 3 is 3.12 bits per heavy atom. The molecule has 0 aromatic carbocycles. The summed E-state index contributed by atoms with van der Waals surface area (Å²) in [4.78, 5) is 6.62. The maximum atomic E-state index is 5.23. The van der Waals surface area contributed by atoms with E-state index in [1.54, 1.807) is 0 Å². The van der Waals surface area contributed by atoms with E-state index in [9.17, 15) is 0 Å². The largest absolute Gasteiger partial charge is 0.338 e. The van der Waals surface area contributed by atoms with Crippen LogP contribution in [0.25, 0.3) is 0 Å². The van der Waals surface area contributed by atoms with E-state index in [0.717, 1.165) is 44.2 Å². The molecule has 1 aromatic rings. The molecule has 1 aliphatic heterocycles. The first-order valence-electron chi connectivity index (χ1n) is 6.51. The summed E-state index contributed by atoms with van der Waals surface area (Å²) in [5.74, 6) is 1.56. The van der Waals surface area contributed by atoms with Gasteiger partial charge in [-0.2, -0.15) is 4.98 Å². The predicted octanol–water partition coefficient (Wildman–Crippen LogP) is 1.21. The Balaban J connectivity index is 1.78. The molecular formula is C12H22N4O. The molecule has 5 nitrogen and oxygen atoms in total. The quantitative estimate of drug-likeness (QED) is 0.807. The molecule has 17 heavy (non-hydrogen) atoms. The Morgan fingerprint density at radius 1 is 1.53 bits per heavy atom. The molecule has 1 aliphatic rings. The van der Waals surface area contributed by atoms with Crippen LogP contribution in [0.1, 0.15) is 37.9 Å². The van der Waals surface area contributed by atoms with Crippen LogP contribution < -0.4 is 5.32 Å². The van der Waals surface area contributed by atoms with Gasteiger partial charge in [0.15, 0.2) is 5.82 Å². The summed E-state index contributed by atoms with van der Waals surface area (Å²) in [5.41, 5.74) is 0. The zero-order chi connectivity index (χ0) is 12.1. The lowest BCUT2D eigenvalue weighted by atomic mass is 10.2. The molecule has 96 valence electrons. The highest BCUT2D eigenvalue weighted by atomic mass is 16.5. The van der Waals surface area contributed by atoms with E-state index in [-0.39, 0.29) is 0 Å². The van der Waals surface area contributed by atoms with Gasteiger partial charge in [-0.1, -0.05) is 12.1 Å². The third kappa shape index (κ3) is 3.78. The van der Waals surface area contributed by atoms with Crippen molar-refractivity contribution < 1.29 is 4.52 Å². The number of nitrogens with zero attached hydrogens (tertiary/aromatic N) is 3. The molecule has 0 aliphatic carbocycles. The molecule has 5 heteroatoms. The number of likely N-dealkylation sites (N-methyl/N-ethyl adjacent to an activating group) is 1. The minimum Gasteiger partial charge on any atom is -0.338 e. The molecule has 0 spiro atoms. The first-order valence-corrected chi connectivity index (χ1v) is 6.51.